The van der Waals surface area contributed by atoms with Crippen molar-refractivity contribution in [3.8, 4) is 5.88 Å². The van der Waals surface area contributed by atoms with Gasteiger partial charge in [0.1, 0.15) is 0 Å². The first kappa shape index (κ1) is 9.09. The van der Waals surface area contributed by atoms with E-state index in [1.54, 1.807) is 24.4 Å². The van der Waals surface area contributed by atoms with Gasteiger partial charge in [-0.15, -0.1) is 5.10 Å². The van der Waals surface area contributed by atoms with E-state index >= 15 is 0 Å². The van der Waals surface area contributed by atoms with Crippen LogP contribution in [0.15, 0.2) is 36.5 Å². The third-order valence-electron chi connectivity index (χ3n) is 1.59. The van der Waals surface area contributed by atoms with Crippen LogP contribution in [-0.4, -0.2) is 10.2 Å². The molecule has 0 saturated heterocycles. The number of aromatic nitrogens is 2. The summed E-state index contributed by atoms with van der Waals surface area (Å²) in [5.41, 5.74) is 0.817. The van der Waals surface area contributed by atoms with Crippen LogP contribution in [0, 0.1) is 6.61 Å². The van der Waals surface area contributed by atoms with E-state index in [9.17, 15) is 0 Å². The van der Waals surface area contributed by atoms with Crippen LogP contribution in [0.2, 0.25) is 5.02 Å². The van der Waals surface area contributed by atoms with Gasteiger partial charge in [-0.3, -0.25) is 5.10 Å². The highest BCUT2D eigenvalue weighted by Gasteiger charge is 1.99. The average Bonchev–Trinajstić information content (AvgIpc) is 2.70. The van der Waals surface area contributed by atoms with Crippen LogP contribution in [0.5, 0.6) is 5.88 Å². The standard InChI is InChI=1S/C10H7ClN2O/c11-9-3-1-8(2-4-9)7-14-10-5-6-12-13-10/h1-6H,(H,12,13). The predicted molar refractivity (Wildman–Crippen MR) is 53.0 cm³/mol. The van der Waals surface area contributed by atoms with Crippen LogP contribution >= 0.6 is 11.6 Å². The summed E-state index contributed by atoms with van der Waals surface area (Å²) >= 11 is 5.73. The zero-order valence-electron chi connectivity index (χ0n) is 7.20. The van der Waals surface area contributed by atoms with Crippen LogP contribution in [0.3, 0.4) is 0 Å². The Kier molecular flexibility index (Phi) is 2.70. The van der Waals surface area contributed by atoms with Gasteiger partial charge in [0.2, 0.25) is 12.5 Å². The molecule has 2 radical (unpaired) electrons. The summed E-state index contributed by atoms with van der Waals surface area (Å²) in [6, 6.07) is 8.89. The summed E-state index contributed by atoms with van der Waals surface area (Å²) in [7, 11) is 0. The molecule has 1 aromatic carbocycles. The van der Waals surface area contributed by atoms with Gasteiger partial charge in [-0.05, 0) is 12.1 Å². The zero-order valence-corrected chi connectivity index (χ0v) is 7.95. The van der Waals surface area contributed by atoms with Gasteiger partial charge < -0.3 is 4.74 Å². The number of ether oxygens (including phenoxy) is 1. The molecule has 0 fully saturated rings. The number of H-pyrrole nitrogens is 1. The SMILES string of the molecule is Clc1ccc([C]Oc2cc[nH]n2)cc1. The van der Waals surface area contributed by atoms with Gasteiger partial charge in [-0.2, -0.15) is 0 Å². The molecule has 70 valence electrons. The Morgan fingerprint density at radius 3 is 2.64 bits per heavy atom. The van der Waals surface area contributed by atoms with Crippen LogP contribution < -0.4 is 4.74 Å². The Hall–Kier alpha value is -1.48. The van der Waals surface area contributed by atoms with Crippen LogP contribution in [0.1, 0.15) is 5.56 Å². The Morgan fingerprint density at radius 1 is 1.21 bits per heavy atom. The lowest BCUT2D eigenvalue weighted by Crippen LogP contribution is -1.91. The number of nitrogens with one attached hydrogen (secondary N) is 1. The minimum Gasteiger partial charge on any atom is -0.455 e. The van der Waals surface area contributed by atoms with E-state index in [4.69, 9.17) is 16.3 Å². The molecule has 14 heavy (non-hydrogen) atoms. The number of rotatable bonds is 3. The molecule has 1 aromatic heterocycles. The fraction of sp³-hybridized carbons (Fsp3) is 0. The maximum atomic E-state index is 5.73. The van der Waals surface area contributed by atoms with Gasteiger partial charge in [-0.1, -0.05) is 23.7 Å². The van der Waals surface area contributed by atoms with Crippen LogP contribution in [-0.2, 0) is 0 Å². The fourth-order valence-electron chi connectivity index (χ4n) is 0.933. The molecule has 0 bridgehead atoms. The highest BCUT2D eigenvalue weighted by Crippen LogP contribution is 2.13. The second-order valence-electron chi connectivity index (χ2n) is 2.62. The van der Waals surface area contributed by atoms with Gasteiger partial charge in [-0.25, -0.2) is 0 Å². The van der Waals surface area contributed by atoms with Crippen molar-refractivity contribution < 1.29 is 4.74 Å². The third kappa shape index (κ3) is 2.26. The third-order valence-corrected chi connectivity index (χ3v) is 1.84. The maximum absolute atomic E-state index is 5.73. The fourth-order valence-corrected chi connectivity index (χ4v) is 1.06. The van der Waals surface area contributed by atoms with E-state index in [1.807, 2.05) is 12.1 Å². The van der Waals surface area contributed by atoms with Crippen molar-refractivity contribution >= 4 is 11.6 Å². The first-order valence-electron chi connectivity index (χ1n) is 4.03. The highest BCUT2D eigenvalue weighted by atomic mass is 35.5. The van der Waals surface area contributed by atoms with E-state index in [0.29, 0.717) is 10.9 Å². The normalized spacial score (nSPS) is 10.1. The highest BCUT2D eigenvalue weighted by molar-refractivity contribution is 6.30. The van der Waals surface area contributed by atoms with Crippen molar-refractivity contribution in [1.29, 1.82) is 0 Å². The summed E-state index contributed by atoms with van der Waals surface area (Å²) in [5, 5.41) is 7.14. The molecule has 1 N–H and O–H groups in total. The molecule has 3 nitrogen and oxygen atoms in total. The van der Waals surface area contributed by atoms with Crippen molar-refractivity contribution in [2.24, 2.45) is 0 Å². The second kappa shape index (κ2) is 4.15. The number of benzene rings is 1. The molecule has 0 aliphatic rings. The monoisotopic (exact) mass is 206 g/mol. The molecule has 2 aromatic rings. The van der Waals surface area contributed by atoms with Gasteiger partial charge in [0.05, 0.1) is 0 Å². The van der Waals surface area contributed by atoms with Crippen molar-refractivity contribution in [1.82, 2.24) is 10.2 Å². The lowest BCUT2D eigenvalue weighted by molar-refractivity contribution is 0.410. The molecule has 0 unspecified atom stereocenters. The van der Waals surface area contributed by atoms with E-state index in [1.165, 1.54) is 0 Å². The topological polar surface area (TPSA) is 37.9 Å². The van der Waals surface area contributed by atoms with Crippen LogP contribution in [0.4, 0.5) is 0 Å². The van der Waals surface area contributed by atoms with Crippen molar-refractivity contribution in [3.05, 3.63) is 53.7 Å². The molecular weight excluding hydrogens is 200 g/mol. The molecular formula is C10H7ClN2O. The number of hydrogen-bond acceptors (Lipinski definition) is 2. The number of halogens is 1. The molecule has 0 atom stereocenters. The first-order chi connectivity index (χ1) is 6.84. The summed E-state index contributed by atoms with van der Waals surface area (Å²) in [6.45, 7) is 2.73. The number of hydrogen-bond donors (Lipinski definition) is 1. The van der Waals surface area contributed by atoms with Crippen LogP contribution in [0.25, 0.3) is 0 Å². The lowest BCUT2D eigenvalue weighted by atomic mass is 10.2. The number of aromatic amines is 1. The Balaban J connectivity index is 1.95. The molecule has 0 saturated carbocycles. The van der Waals surface area contributed by atoms with Crippen molar-refractivity contribution in [2.45, 2.75) is 0 Å². The molecule has 2 rings (SSSR count). The molecule has 0 amide bonds. The minimum atomic E-state index is 0.486. The largest absolute Gasteiger partial charge is 0.455 e. The van der Waals surface area contributed by atoms with Gasteiger partial charge >= 0.3 is 0 Å². The maximum Gasteiger partial charge on any atom is 0.233 e. The Morgan fingerprint density at radius 2 is 2.00 bits per heavy atom. The summed E-state index contributed by atoms with van der Waals surface area (Å²) in [4.78, 5) is 0. The smallest absolute Gasteiger partial charge is 0.233 e. The predicted octanol–water partition coefficient (Wildman–Crippen LogP) is 2.53. The second-order valence-corrected chi connectivity index (χ2v) is 3.06. The van der Waals surface area contributed by atoms with E-state index in [2.05, 4.69) is 16.8 Å². The minimum absolute atomic E-state index is 0.486. The van der Waals surface area contributed by atoms with Crippen molar-refractivity contribution in [3.63, 3.8) is 0 Å². The number of nitrogens with zero attached hydrogens (tertiary/aromatic N) is 1. The average molecular weight is 207 g/mol. The van der Waals surface area contributed by atoms with E-state index in [-0.39, 0.29) is 0 Å². The quantitative estimate of drug-likeness (QED) is 0.838. The summed E-state index contributed by atoms with van der Waals surface area (Å²) in [5.74, 6) is 0.486. The van der Waals surface area contributed by atoms with Gasteiger partial charge in [0, 0.05) is 22.8 Å². The molecule has 4 heteroatoms. The molecule has 1 heterocycles. The molecule has 0 aliphatic carbocycles. The first-order valence-corrected chi connectivity index (χ1v) is 4.40. The molecule has 0 spiro atoms. The van der Waals surface area contributed by atoms with E-state index in [0.717, 1.165) is 5.56 Å². The Bertz CT molecular complexity index is 383. The zero-order chi connectivity index (χ0) is 9.80. The summed E-state index contributed by atoms with van der Waals surface area (Å²) in [6.07, 6.45) is 1.68. The van der Waals surface area contributed by atoms with Gasteiger partial charge in [0.15, 0.2) is 0 Å². The molecule has 0 aliphatic heterocycles. The summed E-state index contributed by atoms with van der Waals surface area (Å²) < 4.78 is 5.14. The van der Waals surface area contributed by atoms with E-state index < -0.39 is 0 Å². The Labute approximate surface area is 86.7 Å². The lowest BCUT2D eigenvalue weighted by Gasteiger charge is -1.99. The van der Waals surface area contributed by atoms with Gasteiger partial charge in [0.25, 0.3) is 0 Å². The van der Waals surface area contributed by atoms with Crippen molar-refractivity contribution in [2.75, 3.05) is 0 Å².